The van der Waals surface area contributed by atoms with Crippen molar-refractivity contribution >= 4 is 16.9 Å². The Hall–Kier alpha value is -1.00. The van der Waals surface area contributed by atoms with Crippen molar-refractivity contribution in [3.05, 3.63) is 29.8 Å². The Morgan fingerprint density at radius 2 is 1.93 bits per heavy atom. The lowest BCUT2D eigenvalue weighted by atomic mass is 10.2. The van der Waals surface area contributed by atoms with Gasteiger partial charge in [-0.05, 0) is 24.3 Å². The minimum Gasteiger partial charge on any atom is -0.497 e. The molecule has 4 heteroatoms. The van der Waals surface area contributed by atoms with Crippen LogP contribution in [0.25, 0.3) is 0 Å². The van der Waals surface area contributed by atoms with Gasteiger partial charge in [0.1, 0.15) is 5.75 Å². The lowest BCUT2D eigenvalue weighted by molar-refractivity contribution is 0.108. The van der Waals surface area contributed by atoms with Crippen molar-refractivity contribution in [3.63, 3.8) is 0 Å². The Kier molecular flexibility index (Phi) is 5.21. The molecule has 0 fully saturated rings. The summed E-state index contributed by atoms with van der Waals surface area (Å²) in [5.41, 5.74) is 0.692. The molecule has 0 amide bonds. The Morgan fingerprint density at radius 1 is 1.27 bits per heavy atom. The summed E-state index contributed by atoms with van der Waals surface area (Å²) in [4.78, 5) is 11.6. The molecule has 0 heterocycles. The summed E-state index contributed by atoms with van der Waals surface area (Å²) in [7, 11) is 3.22. The zero-order valence-electron chi connectivity index (χ0n) is 8.86. The molecule has 0 unspecified atom stereocenters. The maximum absolute atomic E-state index is 11.6. The summed E-state index contributed by atoms with van der Waals surface area (Å²) in [5, 5.41) is 0.0645. The van der Waals surface area contributed by atoms with Crippen LogP contribution in [0.5, 0.6) is 5.75 Å². The minimum atomic E-state index is 0.0645. The predicted octanol–water partition coefficient (Wildman–Crippen LogP) is 2.21. The predicted molar refractivity (Wildman–Crippen MR) is 61.7 cm³/mol. The number of rotatable bonds is 5. The van der Waals surface area contributed by atoms with Crippen LogP contribution >= 0.6 is 11.8 Å². The fourth-order valence-corrected chi connectivity index (χ4v) is 1.77. The lowest BCUT2D eigenvalue weighted by Crippen LogP contribution is -1.99. The highest BCUT2D eigenvalue weighted by molar-refractivity contribution is 8.14. The van der Waals surface area contributed by atoms with E-state index in [1.165, 1.54) is 11.8 Å². The van der Waals surface area contributed by atoms with Gasteiger partial charge in [-0.25, -0.2) is 0 Å². The average Bonchev–Trinajstić information content (AvgIpc) is 2.29. The molecule has 0 aliphatic carbocycles. The molecule has 0 spiro atoms. The molecule has 82 valence electrons. The first kappa shape index (κ1) is 12.1. The average molecular weight is 226 g/mol. The number of hydrogen-bond donors (Lipinski definition) is 0. The highest BCUT2D eigenvalue weighted by atomic mass is 32.2. The molecule has 0 N–H and O–H groups in total. The summed E-state index contributed by atoms with van der Waals surface area (Å²) < 4.78 is 9.88. The summed E-state index contributed by atoms with van der Waals surface area (Å²) in [6.45, 7) is 0.590. The van der Waals surface area contributed by atoms with Gasteiger partial charge in [0.15, 0.2) is 0 Å². The first-order chi connectivity index (χ1) is 7.27. The molecule has 0 aromatic heterocycles. The van der Waals surface area contributed by atoms with Gasteiger partial charge in [-0.3, -0.25) is 4.79 Å². The van der Waals surface area contributed by atoms with E-state index < -0.39 is 0 Å². The molecule has 3 nitrogen and oxygen atoms in total. The van der Waals surface area contributed by atoms with E-state index in [0.717, 1.165) is 5.75 Å². The third kappa shape index (κ3) is 3.93. The third-order valence-electron chi connectivity index (χ3n) is 1.85. The standard InChI is InChI=1S/C11H14O3S/c1-13-7-8-15-11(12)9-3-5-10(14-2)6-4-9/h3-6H,7-8H2,1-2H3. The van der Waals surface area contributed by atoms with E-state index in [4.69, 9.17) is 9.47 Å². The van der Waals surface area contributed by atoms with Crippen molar-refractivity contribution in [1.82, 2.24) is 0 Å². The number of ether oxygens (including phenoxy) is 2. The quantitative estimate of drug-likeness (QED) is 0.721. The highest BCUT2D eigenvalue weighted by Gasteiger charge is 2.05. The van der Waals surface area contributed by atoms with Crippen LogP contribution in [-0.2, 0) is 4.74 Å². The molecule has 0 aliphatic rings. The summed E-state index contributed by atoms with van der Waals surface area (Å²) >= 11 is 1.26. The van der Waals surface area contributed by atoms with Gasteiger partial charge in [-0.15, -0.1) is 0 Å². The fraction of sp³-hybridized carbons (Fsp3) is 0.364. The van der Waals surface area contributed by atoms with Crippen molar-refractivity contribution in [1.29, 1.82) is 0 Å². The van der Waals surface area contributed by atoms with E-state index in [0.29, 0.717) is 17.9 Å². The molecule has 1 aromatic carbocycles. The molecule has 0 radical (unpaired) electrons. The number of thioether (sulfide) groups is 1. The largest absolute Gasteiger partial charge is 0.497 e. The zero-order chi connectivity index (χ0) is 11.1. The molecule has 1 rings (SSSR count). The first-order valence-electron chi connectivity index (χ1n) is 4.58. The second-order valence-electron chi connectivity index (χ2n) is 2.86. The van der Waals surface area contributed by atoms with Crippen LogP contribution in [-0.4, -0.2) is 31.7 Å². The Labute approximate surface area is 93.8 Å². The third-order valence-corrected chi connectivity index (χ3v) is 2.72. The number of carbonyl (C=O) groups excluding carboxylic acids is 1. The fourth-order valence-electron chi connectivity index (χ4n) is 1.03. The van der Waals surface area contributed by atoms with Crippen LogP contribution < -0.4 is 4.74 Å². The van der Waals surface area contributed by atoms with Crippen molar-refractivity contribution < 1.29 is 14.3 Å². The van der Waals surface area contributed by atoms with Crippen LogP contribution in [0.15, 0.2) is 24.3 Å². The second kappa shape index (κ2) is 6.48. The van der Waals surface area contributed by atoms with Gasteiger partial charge in [0.2, 0.25) is 5.12 Å². The molecule has 1 aromatic rings. The van der Waals surface area contributed by atoms with E-state index in [-0.39, 0.29) is 5.12 Å². The van der Waals surface area contributed by atoms with Crippen molar-refractivity contribution in [2.24, 2.45) is 0 Å². The second-order valence-corrected chi connectivity index (χ2v) is 3.92. The topological polar surface area (TPSA) is 35.5 Å². The smallest absolute Gasteiger partial charge is 0.219 e. The van der Waals surface area contributed by atoms with Crippen LogP contribution in [0.1, 0.15) is 10.4 Å². The van der Waals surface area contributed by atoms with Crippen LogP contribution in [0.2, 0.25) is 0 Å². The van der Waals surface area contributed by atoms with Gasteiger partial charge in [-0.1, -0.05) is 11.8 Å². The maximum atomic E-state index is 11.6. The maximum Gasteiger partial charge on any atom is 0.219 e. The molecule has 15 heavy (non-hydrogen) atoms. The number of methoxy groups -OCH3 is 2. The summed E-state index contributed by atoms with van der Waals surface area (Å²) in [6, 6.07) is 7.09. The summed E-state index contributed by atoms with van der Waals surface area (Å²) in [6.07, 6.45) is 0. The van der Waals surface area contributed by atoms with Crippen molar-refractivity contribution in [2.75, 3.05) is 26.6 Å². The van der Waals surface area contributed by atoms with Crippen LogP contribution in [0.4, 0.5) is 0 Å². The molecule has 0 atom stereocenters. The van der Waals surface area contributed by atoms with Crippen molar-refractivity contribution in [3.8, 4) is 5.75 Å². The molecule has 0 saturated heterocycles. The van der Waals surface area contributed by atoms with Gasteiger partial charge in [0.05, 0.1) is 13.7 Å². The Balaban J connectivity index is 2.50. The van der Waals surface area contributed by atoms with Gasteiger partial charge in [0.25, 0.3) is 0 Å². The van der Waals surface area contributed by atoms with Crippen LogP contribution in [0, 0.1) is 0 Å². The monoisotopic (exact) mass is 226 g/mol. The van der Waals surface area contributed by atoms with Gasteiger partial charge in [-0.2, -0.15) is 0 Å². The number of carbonyl (C=O) groups is 1. The van der Waals surface area contributed by atoms with E-state index in [9.17, 15) is 4.79 Å². The normalized spacial score (nSPS) is 10.0. The van der Waals surface area contributed by atoms with E-state index in [2.05, 4.69) is 0 Å². The summed E-state index contributed by atoms with van der Waals surface area (Å²) in [5.74, 6) is 1.44. The molecule has 0 bridgehead atoms. The van der Waals surface area contributed by atoms with Gasteiger partial charge < -0.3 is 9.47 Å². The van der Waals surface area contributed by atoms with Gasteiger partial charge >= 0.3 is 0 Å². The first-order valence-corrected chi connectivity index (χ1v) is 5.56. The van der Waals surface area contributed by atoms with E-state index >= 15 is 0 Å². The molecular weight excluding hydrogens is 212 g/mol. The van der Waals surface area contributed by atoms with Crippen molar-refractivity contribution in [2.45, 2.75) is 0 Å². The number of benzene rings is 1. The molecule has 0 aliphatic heterocycles. The van der Waals surface area contributed by atoms with Gasteiger partial charge in [0, 0.05) is 18.4 Å². The SMILES string of the molecule is COCCSC(=O)c1ccc(OC)cc1. The molecule has 0 saturated carbocycles. The highest BCUT2D eigenvalue weighted by Crippen LogP contribution is 2.16. The Bertz CT molecular complexity index is 308. The van der Waals surface area contributed by atoms with E-state index in [1.54, 1.807) is 38.5 Å². The Morgan fingerprint density at radius 3 is 2.47 bits per heavy atom. The minimum absolute atomic E-state index is 0.0645. The lowest BCUT2D eigenvalue weighted by Gasteiger charge is -2.02. The van der Waals surface area contributed by atoms with E-state index in [1.807, 2.05) is 0 Å². The zero-order valence-corrected chi connectivity index (χ0v) is 9.67. The molecular formula is C11H14O3S. The number of hydrogen-bond acceptors (Lipinski definition) is 4. The van der Waals surface area contributed by atoms with Crippen LogP contribution in [0.3, 0.4) is 0 Å².